The van der Waals surface area contributed by atoms with E-state index in [-0.39, 0.29) is 5.91 Å². The van der Waals surface area contributed by atoms with Crippen LogP contribution in [-0.2, 0) is 0 Å². The second-order valence-electron chi connectivity index (χ2n) is 6.52. The number of nitrogens with zero attached hydrogens (tertiary/aromatic N) is 3. The summed E-state index contributed by atoms with van der Waals surface area (Å²) in [7, 11) is 0. The van der Waals surface area contributed by atoms with Gasteiger partial charge in [-0.25, -0.2) is 4.98 Å². The van der Waals surface area contributed by atoms with Crippen LogP contribution in [0.3, 0.4) is 0 Å². The summed E-state index contributed by atoms with van der Waals surface area (Å²) in [5.74, 6) is 0.843. The standard InChI is InChI=1S/C20H22N4O2/c1-2-26-19-15(5-3-10-22-19)20(25)24-11-7-14(8-12-24)17-13-18-16(23-17)6-4-9-21-18/h3-6,9-10,13-14,23H,2,7-8,11-12H2,1H3. The first-order valence-electron chi connectivity index (χ1n) is 9.07. The predicted molar refractivity (Wildman–Crippen MR) is 99.4 cm³/mol. The Labute approximate surface area is 152 Å². The molecule has 6 heteroatoms. The fourth-order valence-corrected chi connectivity index (χ4v) is 3.57. The van der Waals surface area contributed by atoms with Crippen molar-refractivity contribution >= 4 is 16.9 Å². The Morgan fingerprint density at radius 2 is 2.00 bits per heavy atom. The number of hydrogen-bond donors (Lipinski definition) is 1. The predicted octanol–water partition coefficient (Wildman–Crippen LogP) is 3.38. The van der Waals surface area contributed by atoms with E-state index in [1.54, 1.807) is 18.3 Å². The summed E-state index contributed by atoms with van der Waals surface area (Å²) in [6, 6.07) is 9.68. The number of nitrogens with one attached hydrogen (secondary N) is 1. The molecule has 0 spiro atoms. The summed E-state index contributed by atoms with van der Waals surface area (Å²) >= 11 is 0. The smallest absolute Gasteiger partial charge is 0.259 e. The van der Waals surface area contributed by atoms with Gasteiger partial charge in [-0.2, -0.15) is 0 Å². The van der Waals surface area contributed by atoms with Gasteiger partial charge in [0.05, 0.1) is 17.6 Å². The van der Waals surface area contributed by atoms with Crippen molar-refractivity contribution in [2.24, 2.45) is 0 Å². The maximum atomic E-state index is 12.9. The number of hydrogen-bond acceptors (Lipinski definition) is 4. The van der Waals surface area contributed by atoms with Crippen LogP contribution in [0.2, 0.25) is 0 Å². The summed E-state index contributed by atoms with van der Waals surface area (Å²) in [5.41, 5.74) is 3.82. The van der Waals surface area contributed by atoms with Crippen molar-refractivity contribution in [3.8, 4) is 5.88 Å². The van der Waals surface area contributed by atoms with Gasteiger partial charge < -0.3 is 14.6 Å². The monoisotopic (exact) mass is 350 g/mol. The molecular weight excluding hydrogens is 328 g/mol. The van der Waals surface area contributed by atoms with Gasteiger partial charge in [0.2, 0.25) is 5.88 Å². The molecule has 0 aromatic carbocycles. The van der Waals surface area contributed by atoms with Crippen molar-refractivity contribution in [3.63, 3.8) is 0 Å². The number of piperidine rings is 1. The van der Waals surface area contributed by atoms with E-state index in [2.05, 4.69) is 21.0 Å². The van der Waals surface area contributed by atoms with E-state index >= 15 is 0 Å². The molecule has 0 atom stereocenters. The first kappa shape index (κ1) is 16.6. The quantitative estimate of drug-likeness (QED) is 0.783. The van der Waals surface area contributed by atoms with Gasteiger partial charge in [-0.3, -0.25) is 9.78 Å². The maximum Gasteiger partial charge on any atom is 0.259 e. The van der Waals surface area contributed by atoms with Gasteiger partial charge in [0.25, 0.3) is 5.91 Å². The van der Waals surface area contributed by atoms with Crippen LogP contribution in [0.5, 0.6) is 5.88 Å². The van der Waals surface area contributed by atoms with Crippen LogP contribution >= 0.6 is 0 Å². The molecule has 1 amide bonds. The van der Waals surface area contributed by atoms with Crippen LogP contribution in [0.4, 0.5) is 0 Å². The van der Waals surface area contributed by atoms with Gasteiger partial charge in [0.15, 0.2) is 0 Å². The Bertz CT molecular complexity index is 880. The van der Waals surface area contributed by atoms with Crippen LogP contribution in [0.1, 0.15) is 41.7 Å². The Hall–Kier alpha value is -2.89. The lowest BCUT2D eigenvalue weighted by molar-refractivity contribution is 0.0707. The van der Waals surface area contributed by atoms with Crippen molar-refractivity contribution in [3.05, 3.63) is 54.0 Å². The van der Waals surface area contributed by atoms with Crippen molar-refractivity contribution < 1.29 is 9.53 Å². The zero-order chi connectivity index (χ0) is 17.9. The van der Waals surface area contributed by atoms with Crippen molar-refractivity contribution in [1.29, 1.82) is 0 Å². The van der Waals surface area contributed by atoms with Crippen LogP contribution in [-0.4, -0.2) is 45.5 Å². The van der Waals surface area contributed by atoms with E-state index in [1.165, 1.54) is 5.69 Å². The Balaban J connectivity index is 1.45. The fourth-order valence-electron chi connectivity index (χ4n) is 3.57. The highest BCUT2D eigenvalue weighted by molar-refractivity contribution is 5.96. The SMILES string of the molecule is CCOc1ncccc1C(=O)N1CCC(c2cc3ncccc3[nH]2)CC1. The normalized spacial score (nSPS) is 15.3. The van der Waals surface area contributed by atoms with Gasteiger partial charge in [0.1, 0.15) is 5.56 Å². The minimum atomic E-state index is -0.00156. The summed E-state index contributed by atoms with van der Waals surface area (Å²) in [5, 5.41) is 0. The fraction of sp³-hybridized carbons (Fsp3) is 0.350. The second kappa shape index (κ2) is 7.15. The number of fused-ring (bicyclic) bond motifs is 1. The number of ether oxygens (including phenoxy) is 1. The topological polar surface area (TPSA) is 71.1 Å². The van der Waals surface area contributed by atoms with E-state index in [9.17, 15) is 4.79 Å². The third-order valence-corrected chi connectivity index (χ3v) is 4.91. The lowest BCUT2D eigenvalue weighted by Gasteiger charge is -2.31. The third-order valence-electron chi connectivity index (χ3n) is 4.91. The molecule has 4 rings (SSSR count). The minimum Gasteiger partial charge on any atom is -0.477 e. The molecule has 1 aliphatic rings. The average Bonchev–Trinajstić information content (AvgIpc) is 3.12. The highest BCUT2D eigenvalue weighted by Crippen LogP contribution is 2.30. The zero-order valence-corrected chi connectivity index (χ0v) is 14.8. The largest absolute Gasteiger partial charge is 0.477 e. The minimum absolute atomic E-state index is 0.00156. The third kappa shape index (κ3) is 3.14. The number of carbonyl (C=O) groups excluding carboxylic acids is 1. The maximum absolute atomic E-state index is 12.9. The Morgan fingerprint density at radius 1 is 1.23 bits per heavy atom. The van der Waals surface area contributed by atoms with Gasteiger partial charge >= 0.3 is 0 Å². The zero-order valence-electron chi connectivity index (χ0n) is 14.8. The van der Waals surface area contributed by atoms with Crippen molar-refractivity contribution in [2.45, 2.75) is 25.7 Å². The molecule has 3 aromatic rings. The lowest BCUT2D eigenvalue weighted by atomic mass is 9.93. The first-order chi connectivity index (χ1) is 12.8. The van der Waals surface area contributed by atoms with Crippen LogP contribution < -0.4 is 4.74 Å². The summed E-state index contributed by atoms with van der Waals surface area (Å²) in [6.45, 7) is 3.84. The molecule has 0 radical (unpaired) electrons. The molecule has 0 saturated carbocycles. The first-order valence-corrected chi connectivity index (χ1v) is 9.07. The second-order valence-corrected chi connectivity index (χ2v) is 6.52. The van der Waals surface area contributed by atoms with Gasteiger partial charge in [-0.15, -0.1) is 0 Å². The molecule has 1 aliphatic heterocycles. The van der Waals surface area contributed by atoms with Crippen LogP contribution in [0.15, 0.2) is 42.7 Å². The number of aromatic amines is 1. The van der Waals surface area contributed by atoms with E-state index in [1.807, 2.05) is 30.2 Å². The molecule has 26 heavy (non-hydrogen) atoms. The molecule has 0 bridgehead atoms. The molecule has 1 N–H and O–H groups in total. The molecule has 0 unspecified atom stereocenters. The molecule has 1 saturated heterocycles. The van der Waals surface area contributed by atoms with E-state index in [4.69, 9.17) is 4.74 Å². The number of pyridine rings is 2. The summed E-state index contributed by atoms with van der Waals surface area (Å²) in [6.07, 6.45) is 5.33. The molecule has 4 heterocycles. The van der Waals surface area contributed by atoms with E-state index in [0.29, 0.717) is 24.0 Å². The number of carbonyl (C=O) groups is 1. The molecule has 6 nitrogen and oxygen atoms in total. The van der Waals surface area contributed by atoms with Gasteiger partial charge in [0, 0.05) is 37.1 Å². The number of amides is 1. The highest BCUT2D eigenvalue weighted by Gasteiger charge is 2.27. The highest BCUT2D eigenvalue weighted by atomic mass is 16.5. The number of likely N-dealkylation sites (tertiary alicyclic amines) is 1. The van der Waals surface area contributed by atoms with Crippen LogP contribution in [0.25, 0.3) is 11.0 Å². The van der Waals surface area contributed by atoms with Crippen LogP contribution in [0, 0.1) is 0 Å². The van der Waals surface area contributed by atoms with Crippen molar-refractivity contribution in [1.82, 2.24) is 19.9 Å². The Kier molecular flexibility index (Phi) is 4.56. The Morgan fingerprint density at radius 3 is 2.77 bits per heavy atom. The van der Waals surface area contributed by atoms with E-state index < -0.39 is 0 Å². The molecular formula is C20H22N4O2. The molecule has 134 valence electrons. The number of H-pyrrole nitrogens is 1. The van der Waals surface area contributed by atoms with E-state index in [0.717, 1.165) is 37.0 Å². The summed E-state index contributed by atoms with van der Waals surface area (Å²) < 4.78 is 5.50. The number of aromatic nitrogens is 3. The lowest BCUT2D eigenvalue weighted by Crippen LogP contribution is -2.38. The molecule has 3 aromatic heterocycles. The number of rotatable bonds is 4. The van der Waals surface area contributed by atoms with Gasteiger partial charge in [-0.05, 0) is 50.1 Å². The van der Waals surface area contributed by atoms with Gasteiger partial charge in [-0.1, -0.05) is 0 Å². The van der Waals surface area contributed by atoms with Crippen molar-refractivity contribution in [2.75, 3.05) is 19.7 Å². The molecule has 1 fully saturated rings. The molecule has 0 aliphatic carbocycles. The average molecular weight is 350 g/mol. The summed E-state index contributed by atoms with van der Waals surface area (Å²) in [4.78, 5) is 26.8.